The van der Waals surface area contributed by atoms with Crippen LogP contribution in [0.2, 0.25) is 0 Å². The molecular formula is C49H81NO4. The first-order chi connectivity index (χ1) is 26.7. The Hall–Kier alpha value is -2.69. The quantitative estimate of drug-likeness (QED) is 0.0550. The van der Waals surface area contributed by atoms with Crippen LogP contribution in [0, 0.1) is 0 Å². The molecule has 306 valence electrons. The van der Waals surface area contributed by atoms with Gasteiger partial charge < -0.3 is 18.6 Å². The Bertz CT molecular complexity index is 1300. The highest BCUT2D eigenvalue weighted by Gasteiger charge is 2.14. The van der Waals surface area contributed by atoms with Gasteiger partial charge in [0, 0.05) is 11.6 Å². The number of fused-ring (bicyclic) bond motifs is 1. The fourth-order valence-corrected chi connectivity index (χ4v) is 7.31. The van der Waals surface area contributed by atoms with Gasteiger partial charge in [0.1, 0.15) is 11.3 Å². The van der Waals surface area contributed by atoms with Crippen LogP contribution in [0.4, 0.5) is 0 Å². The summed E-state index contributed by atoms with van der Waals surface area (Å²) in [5, 5.41) is 0. The molecular weight excluding hydrogens is 667 g/mol. The smallest absolute Gasteiger partial charge is 0.227 e. The zero-order valence-corrected chi connectivity index (χ0v) is 35.4. The van der Waals surface area contributed by atoms with E-state index in [2.05, 4.69) is 32.9 Å². The summed E-state index contributed by atoms with van der Waals surface area (Å²) in [6, 6.07) is 12.1. The van der Waals surface area contributed by atoms with Crippen LogP contribution in [0.5, 0.6) is 17.2 Å². The van der Waals surface area contributed by atoms with Crippen LogP contribution in [-0.4, -0.2) is 24.8 Å². The maximum absolute atomic E-state index is 6.41. The van der Waals surface area contributed by atoms with E-state index in [0.717, 1.165) is 66.4 Å². The molecule has 0 spiro atoms. The van der Waals surface area contributed by atoms with Crippen molar-refractivity contribution in [1.29, 1.82) is 0 Å². The van der Waals surface area contributed by atoms with Gasteiger partial charge in [-0.2, -0.15) is 0 Å². The van der Waals surface area contributed by atoms with Gasteiger partial charge in [-0.15, -0.1) is 0 Å². The summed E-state index contributed by atoms with van der Waals surface area (Å²) in [6.07, 6.45) is 39.5. The summed E-state index contributed by atoms with van der Waals surface area (Å²) in [4.78, 5) is 4.83. The van der Waals surface area contributed by atoms with Crippen LogP contribution < -0.4 is 14.2 Å². The van der Waals surface area contributed by atoms with E-state index in [9.17, 15) is 0 Å². The van der Waals surface area contributed by atoms with Crippen molar-refractivity contribution in [2.24, 2.45) is 0 Å². The van der Waals surface area contributed by atoms with E-state index in [1.807, 2.05) is 24.3 Å². The van der Waals surface area contributed by atoms with Gasteiger partial charge in [0.25, 0.3) is 0 Å². The molecule has 0 saturated carbocycles. The van der Waals surface area contributed by atoms with E-state index in [4.69, 9.17) is 23.6 Å². The molecule has 0 atom stereocenters. The van der Waals surface area contributed by atoms with Gasteiger partial charge in [-0.3, -0.25) is 0 Å². The molecule has 1 aromatic heterocycles. The van der Waals surface area contributed by atoms with Crippen molar-refractivity contribution in [2.75, 3.05) is 19.8 Å². The molecule has 0 unspecified atom stereocenters. The minimum atomic E-state index is 0.599. The van der Waals surface area contributed by atoms with E-state index in [1.165, 1.54) is 173 Å². The van der Waals surface area contributed by atoms with Gasteiger partial charge in [0.2, 0.25) is 5.89 Å². The Labute approximate surface area is 332 Å². The van der Waals surface area contributed by atoms with Crippen LogP contribution in [0.3, 0.4) is 0 Å². The molecule has 5 heteroatoms. The average molecular weight is 748 g/mol. The molecule has 0 aliphatic heterocycles. The second-order valence-electron chi connectivity index (χ2n) is 15.9. The van der Waals surface area contributed by atoms with Crippen LogP contribution in [0.1, 0.15) is 213 Å². The van der Waals surface area contributed by atoms with Crippen LogP contribution >= 0.6 is 0 Å². The number of hydrogen-bond donors (Lipinski definition) is 0. The number of benzene rings is 2. The minimum Gasteiger partial charge on any atom is -0.493 e. The van der Waals surface area contributed by atoms with Crippen molar-refractivity contribution >= 4 is 11.1 Å². The molecule has 3 aromatic rings. The Balaban J connectivity index is 1.47. The monoisotopic (exact) mass is 748 g/mol. The van der Waals surface area contributed by atoms with Gasteiger partial charge in [0.05, 0.1) is 19.8 Å². The van der Waals surface area contributed by atoms with Crippen molar-refractivity contribution in [3.63, 3.8) is 0 Å². The molecule has 54 heavy (non-hydrogen) atoms. The van der Waals surface area contributed by atoms with E-state index in [-0.39, 0.29) is 0 Å². The van der Waals surface area contributed by atoms with E-state index in [1.54, 1.807) is 0 Å². The summed E-state index contributed by atoms with van der Waals surface area (Å²) >= 11 is 0. The molecule has 0 amide bonds. The van der Waals surface area contributed by atoms with Gasteiger partial charge in [-0.25, -0.2) is 4.98 Å². The number of rotatable bonds is 37. The van der Waals surface area contributed by atoms with Crippen LogP contribution in [0.15, 0.2) is 40.8 Å². The zero-order valence-electron chi connectivity index (χ0n) is 35.4. The van der Waals surface area contributed by atoms with Gasteiger partial charge in [0.15, 0.2) is 17.1 Å². The Morgan fingerprint density at radius 3 is 1.28 bits per heavy atom. The first-order valence-corrected chi connectivity index (χ1v) is 23.2. The molecule has 0 aliphatic carbocycles. The first-order valence-electron chi connectivity index (χ1n) is 23.2. The van der Waals surface area contributed by atoms with Crippen molar-refractivity contribution in [3.8, 4) is 28.7 Å². The third-order valence-corrected chi connectivity index (χ3v) is 10.8. The lowest BCUT2D eigenvalue weighted by molar-refractivity contribution is 0.258. The van der Waals surface area contributed by atoms with Crippen molar-refractivity contribution in [1.82, 2.24) is 4.98 Å². The molecule has 0 aliphatic rings. The lowest BCUT2D eigenvalue weighted by Crippen LogP contribution is -2.03. The van der Waals surface area contributed by atoms with E-state index >= 15 is 0 Å². The molecule has 0 bridgehead atoms. The Kier molecular flexibility index (Phi) is 26.7. The molecule has 0 radical (unpaired) electrons. The Morgan fingerprint density at radius 1 is 0.407 bits per heavy atom. The summed E-state index contributed by atoms with van der Waals surface area (Å²) in [7, 11) is 0. The molecule has 1 heterocycles. The number of oxazole rings is 1. The largest absolute Gasteiger partial charge is 0.493 e. The second-order valence-corrected chi connectivity index (χ2v) is 15.9. The lowest BCUT2D eigenvalue weighted by Gasteiger charge is -2.14. The molecule has 2 aromatic carbocycles. The standard InChI is InChI=1S/C49H81NO4/c1-4-7-10-13-16-19-22-25-28-31-38-51-44-35-36-45-47(42-44)54-49(50-45)43-34-37-46(52-39-32-29-26-23-20-17-14-11-8-5-2)48(41-43)53-40-33-30-27-24-21-18-15-12-9-6-3/h34-37,41-42H,4-33,38-40H2,1-3H3. The molecule has 3 rings (SSSR count). The number of aromatic nitrogens is 1. The fraction of sp³-hybridized carbons (Fsp3) is 0.735. The number of hydrogen-bond acceptors (Lipinski definition) is 5. The highest BCUT2D eigenvalue weighted by molar-refractivity contribution is 5.78. The highest BCUT2D eigenvalue weighted by atomic mass is 16.5. The molecule has 0 saturated heterocycles. The second kappa shape index (κ2) is 31.5. The Morgan fingerprint density at radius 2 is 0.815 bits per heavy atom. The highest BCUT2D eigenvalue weighted by Crippen LogP contribution is 2.35. The maximum Gasteiger partial charge on any atom is 0.227 e. The van der Waals surface area contributed by atoms with E-state index < -0.39 is 0 Å². The number of nitrogens with zero attached hydrogens (tertiary/aromatic N) is 1. The predicted molar refractivity (Wildman–Crippen MR) is 231 cm³/mol. The van der Waals surface area contributed by atoms with Crippen LogP contribution in [0.25, 0.3) is 22.6 Å². The van der Waals surface area contributed by atoms with Gasteiger partial charge >= 0.3 is 0 Å². The normalized spacial score (nSPS) is 11.5. The van der Waals surface area contributed by atoms with Gasteiger partial charge in [-0.1, -0.05) is 194 Å². The molecule has 0 N–H and O–H groups in total. The van der Waals surface area contributed by atoms with E-state index in [0.29, 0.717) is 12.5 Å². The lowest BCUT2D eigenvalue weighted by atomic mass is 10.1. The molecule has 0 fully saturated rings. The maximum atomic E-state index is 6.41. The van der Waals surface area contributed by atoms with Crippen molar-refractivity contribution in [3.05, 3.63) is 36.4 Å². The number of unbranched alkanes of at least 4 members (excludes halogenated alkanes) is 27. The summed E-state index contributed by atoms with van der Waals surface area (Å²) in [6.45, 7) is 9.00. The third kappa shape index (κ3) is 20.8. The molecule has 5 nitrogen and oxygen atoms in total. The SMILES string of the molecule is CCCCCCCCCCCCOc1ccc2nc(-c3ccc(OCCCCCCCCCCCC)c(OCCCCCCCCCCCC)c3)oc2c1. The van der Waals surface area contributed by atoms with Crippen LogP contribution in [-0.2, 0) is 0 Å². The summed E-state index contributed by atoms with van der Waals surface area (Å²) in [5.74, 6) is 3.05. The summed E-state index contributed by atoms with van der Waals surface area (Å²) < 4.78 is 25.1. The van der Waals surface area contributed by atoms with Crippen molar-refractivity contribution < 1.29 is 18.6 Å². The fourth-order valence-electron chi connectivity index (χ4n) is 7.31. The number of ether oxygens (including phenoxy) is 3. The van der Waals surface area contributed by atoms with Crippen molar-refractivity contribution in [2.45, 2.75) is 213 Å². The first kappa shape index (κ1) is 45.7. The average Bonchev–Trinajstić information content (AvgIpc) is 3.62. The zero-order chi connectivity index (χ0) is 38.2. The third-order valence-electron chi connectivity index (χ3n) is 10.8. The minimum absolute atomic E-state index is 0.599. The predicted octanol–water partition coefficient (Wildman–Crippen LogP) is 16.4. The summed E-state index contributed by atoms with van der Waals surface area (Å²) in [5.41, 5.74) is 2.49. The van der Waals surface area contributed by atoms with Gasteiger partial charge in [-0.05, 0) is 49.6 Å². The topological polar surface area (TPSA) is 53.7 Å².